The second kappa shape index (κ2) is 8.22. The number of nitrogens with zero attached hydrogens (tertiary/aromatic N) is 2. The van der Waals surface area contributed by atoms with Gasteiger partial charge in [0.05, 0.1) is 0 Å². The molecule has 0 aliphatic rings. The largest absolute Gasteiger partial charge is 0.338 e. The normalized spacial score (nSPS) is 10.5. The second-order valence-electron chi connectivity index (χ2n) is 5.32. The molecule has 2 amide bonds. The van der Waals surface area contributed by atoms with Crippen molar-refractivity contribution in [3.05, 3.63) is 53.6 Å². The Hall–Kier alpha value is -2.30. The minimum absolute atomic E-state index is 0.111. The molecule has 0 bridgehead atoms. The van der Waals surface area contributed by atoms with Gasteiger partial charge in [0.15, 0.2) is 0 Å². The lowest BCUT2D eigenvalue weighted by Crippen LogP contribution is -2.37. The topological polar surface area (TPSA) is 59.0 Å². The Balaban J connectivity index is 1.91. The van der Waals surface area contributed by atoms with Gasteiger partial charge in [-0.3, -0.25) is 0 Å². The first kappa shape index (κ1) is 16.1. The molecule has 1 heterocycles. The Bertz CT molecular complexity index is 592. The van der Waals surface area contributed by atoms with E-state index in [2.05, 4.69) is 39.2 Å². The van der Waals surface area contributed by atoms with Gasteiger partial charge in [-0.05, 0) is 18.9 Å². The number of nitrogens with one attached hydrogen (secondary N) is 2. The summed E-state index contributed by atoms with van der Waals surface area (Å²) in [5, 5.41) is 5.66. The minimum Gasteiger partial charge on any atom is -0.338 e. The number of hydrogen-bond donors (Lipinski definition) is 2. The second-order valence-corrected chi connectivity index (χ2v) is 5.32. The lowest BCUT2D eigenvalue weighted by Gasteiger charge is -2.11. The first-order chi connectivity index (χ1) is 10.7. The van der Waals surface area contributed by atoms with Crippen LogP contribution in [0, 0.1) is 6.92 Å². The molecule has 22 heavy (non-hydrogen) atoms. The van der Waals surface area contributed by atoms with Gasteiger partial charge in [-0.2, -0.15) is 0 Å². The van der Waals surface area contributed by atoms with Gasteiger partial charge < -0.3 is 15.2 Å². The molecular formula is C17H24N4O. The van der Waals surface area contributed by atoms with Crippen LogP contribution < -0.4 is 10.6 Å². The highest BCUT2D eigenvalue weighted by atomic mass is 16.2. The molecule has 1 aromatic heterocycles. The van der Waals surface area contributed by atoms with Gasteiger partial charge in [0.1, 0.15) is 5.82 Å². The van der Waals surface area contributed by atoms with Crippen LogP contribution in [0.5, 0.6) is 0 Å². The Morgan fingerprint density at radius 2 is 1.91 bits per heavy atom. The molecule has 2 N–H and O–H groups in total. The first-order valence-electron chi connectivity index (χ1n) is 7.77. The number of hydrogen-bond acceptors (Lipinski definition) is 2. The van der Waals surface area contributed by atoms with Crippen LogP contribution in [0.1, 0.15) is 30.4 Å². The number of aromatic nitrogens is 2. The highest BCUT2D eigenvalue weighted by Crippen LogP contribution is 2.09. The van der Waals surface area contributed by atoms with Crippen molar-refractivity contribution >= 4 is 6.03 Å². The van der Waals surface area contributed by atoms with Crippen LogP contribution in [0.25, 0.3) is 0 Å². The van der Waals surface area contributed by atoms with Gasteiger partial charge >= 0.3 is 6.03 Å². The van der Waals surface area contributed by atoms with Crippen molar-refractivity contribution < 1.29 is 4.79 Å². The fraction of sp³-hybridized carbons (Fsp3) is 0.412. The van der Waals surface area contributed by atoms with Crippen molar-refractivity contribution in [2.75, 3.05) is 13.1 Å². The van der Waals surface area contributed by atoms with Crippen LogP contribution in [-0.2, 0) is 13.0 Å². The molecule has 2 rings (SSSR count). The summed E-state index contributed by atoms with van der Waals surface area (Å²) in [6.07, 6.45) is 3.55. The van der Waals surface area contributed by atoms with E-state index in [1.54, 1.807) is 0 Å². The van der Waals surface area contributed by atoms with E-state index >= 15 is 0 Å². The lowest BCUT2D eigenvalue weighted by molar-refractivity contribution is 0.241. The molecule has 5 heteroatoms. The highest BCUT2D eigenvalue weighted by molar-refractivity contribution is 5.73. The van der Waals surface area contributed by atoms with Gasteiger partial charge in [-0.1, -0.05) is 37.3 Å². The summed E-state index contributed by atoms with van der Waals surface area (Å²) in [6, 6.07) is 10.2. The standard InChI is InChI=1S/C17H24N4O/c1-3-10-18-17(22)19-11-9-16-20-12-14(2)21(16)13-15-7-5-4-6-8-15/h4-8,12H,3,9-11,13H2,1-2H3,(H2,18,19,22). The summed E-state index contributed by atoms with van der Waals surface area (Å²) in [4.78, 5) is 16.0. The highest BCUT2D eigenvalue weighted by Gasteiger charge is 2.08. The molecular weight excluding hydrogens is 276 g/mol. The van der Waals surface area contributed by atoms with Gasteiger partial charge in [0.25, 0.3) is 0 Å². The molecule has 0 unspecified atom stereocenters. The maximum absolute atomic E-state index is 11.5. The summed E-state index contributed by atoms with van der Waals surface area (Å²) in [7, 11) is 0. The summed E-state index contributed by atoms with van der Waals surface area (Å²) in [5.41, 5.74) is 2.38. The number of carbonyl (C=O) groups excluding carboxylic acids is 1. The molecule has 0 saturated carbocycles. The van der Waals surface area contributed by atoms with Gasteiger partial charge in [0, 0.05) is 37.9 Å². The third-order valence-electron chi connectivity index (χ3n) is 3.49. The van der Waals surface area contributed by atoms with E-state index in [1.807, 2.05) is 31.3 Å². The van der Waals surface area contributed by atoms with Crippen LogP contribution in [0.15, 0.2) is 36.5 Å². The maximum atomic E-state index is 11.5. The first-order valence-corrected chi connectivity index (χ1v) is 7.77. The summed E-state index contributed by atoms with van der Waals surface area (Å²) >= 11 is 0. The minimum atomic E-state index is -0.111. The molecule has 0 aliphatic heterocycles. The SMILES string of the molecule is CCCNC(=O)NCCc1ncc(C)n1Cc1ccccc1. The van der Waals surface area contributed by atoms with Crippen molar-refractivity contribution in [1.82, 2.24) is 20.2 Å². The Labute approximate surface area is 131 Å². The van der Waals surface area contributed by atoms with Gasteiger partial charge in [-0.25, -0.2) is 9.78 Å². The summed E-state index contributed by atoms with van der Waals surface area (Å²) < 4.78 is 2.20. The fourth-order valence-electron chi connectivity index (χ4n) is 2.28. The van der Waals surface area contributed by atoms with E-state index in [4.69, 9.17) is 0 Å². The average Bonchev–Trinajstić information content (AvgIpc) is 2.87. The molecule has 0 radical (unpaired) electrons. The predicted molar refractivity (Wildman–Crippen MR) is 87.9 cm³/mol. The van der Waals surface area contributed by atoms with E-state index in [0.29, 0.717) is 13.1 Å². The van der Waals surface area contributed by atoms with Crippen LogP contribution in [0.4, 0.5) is 4.79 Å². The van der Waals surface area contributed by atoms with Crippen molar-refractivity contribution in [2.24, 2.45) is 0 Å². The van der Waals surface area contributed by atoms with Crippen molar-refractivity contribution in [3.63, 3.8) is 0 Å². The van der Waals surface area contributed by atoms with E-state index in [0.717, 1.165) is 30.9 Å². The third kappa shape index (κ3) is 4.62. The van der Waals surface area contributed by atoms with Crippen LogP contribution in [0.3, 0.4) is 0 Å². The van der Waals surface area contributed by atoms with Gasteiger partial charge in [0.2, 0.25) is 0 Å². The zero-order valence-corrected chi connectivity index (χ0v) is 13.3. The Morgan fingerprint density at radius 3 is 2.64 bits per heavy atom. The predicted octanol–water partition coefficient (Wildman–Crippen LogP) is 2.49. The Kier molecular flexibility index (Phi) is 6.01. The van der Waals surface area contributed by atoms with E-state index in [9.17, 15) is 4.79 Å². The number of urea groups is 1. The quantitative estimate of drug-likeness (QED) is 0.825. The molecule has 0 atom stereocenters. The van der Waals surface area contributed by atoms with Crippen LogP contribution in [-0.4, -0.2) is 28.7 Å². The molecule has 118 valence electrons. The third-order valence-corrected chi connectivity index (χ3v) is 3.49. The fourth-order valence-corrected chi connectivity index (χ4v) is 2.28. The number of amides is 2. The zero-order chi connectivity index (χ0) is 15.8. The van der Waals surface area contributed by atoms with E-state index in [1.165, 1.54) is 5.56 Å². The number of carbonyl (C=O) groups is 1. The number of imidazole rings is 1. The number of aryl methyl sites for hydroxylation is 1. The Morgan fingerprint density at radius 1 is 1.18 bits per heavy atom. The molecule has 0 saturated heterocycles. The summed E-state index contributed by atoms with van der Waals surface area (Å²) in [5.74, 6) is 0.997. The molecule has 1 aromatic carbocycles. The van der Waals surface area contributed by atoms with Crippen molar-refractivity contribution in [1.29, 1.82) is 0 Å². The molecule has 0 spiro atoms. The molecule has 0 aliphatic carbocycles. The molecule has 0 fully saturated rings. The van der Waals surface area contributed by atoms with E-state index in [-0.39, 0.29) is 6.03 Å². The average molecular weight is 300 g/mol. The zero-order valence-electron chi connectivity index (χ0n) is 13.3. The van der Waals surface area contributed by atoms with Crippen molar-refractivity contribution in [3.8, 4) is 0 Å². The van der Waals surface area contributed by atoms with Gasteiger partial charge in [-0.15, -0.1) is 0 Å². The smallest absolute Gasteiger partial charge is 0.314 e. The lowest BCUT2D eigenvalue weighted by atomic mass is 10.2. The summed E-state index contributed by atoms with van der Waals surface area (Å²) in [6.45, 7) is 6.18. The number of rotatable bonds is 7. The molecule has 2 aromatic rings. The van der Waals surface area contributed by atoms with Crippen LogP contribution >= 0.6 is 0 Å². The molecule has 5 nitrogen and oxygen atoms in total. The van der Waals surface area contributed by atoms with Crippen molar-refractivity contribution in [2.45, 2.75) is 33.2 Å². The monoisotopic (exact) mass is 300 g/mol. The number of benzene rings is 1. The van der Waals surface area contributed by atoms with Crippen LogP contribution in [0.2, 0.25) is 0 Å². The van der Waals surface area contributed by atoms with E-state index < -0.39 is 0 Å². The maximum Gasteiger partial charge on any atom is 0.314 e.